The van der Waals surface area contributed by atoms with E-state index in [1.165, 1.54) is 20.3 Å². The summed E-state index contributed by atoms with van der Waals surface area (Å²) < 4.78 is 21.4. The molecule has 3 aromatic rings. The quantitative estimate of drug-likeness (QED) is 0.399. The molecule has 8 nitrogen and oxygen atoms in total. The number of fused-ring (bicyclic) bond motifs is 1. The molecule has 0 aliphatic heterocycles. The number of amides is 1. The molecule has 1 heterocycles. The largest absolute Gasteiger partial charge is 0.497 e. The van der Waals surface area contributed by atoms with Gasteiger partial charge in [0.05, 0.1) is 20.8 Å². The van der Waals surface area contributed by atoms with Crippen LogP contribution in [0.5, 0.6) is 11.5 Å². The van der Waals surface area contributed by atoms with Crippen LogP contribution in [0.4, 0.5) is 0 Å². The molecule has 0 saturated heterocycles. The summed E-state index contributed by atoms with van der Waals surface area (Å²) in [7, 11) is 2.96. The van der Waals surface area contributed by atoms with Gasteiger partial charge in [-0.2, -0.15) is 0 Å². The van der Waals surface area contributed by atoms with E-state index < -0.39 is 23.5 Å². The second-order valence-corrected chi connectivity index (χ2v) is 7.32. The van der Waals surface area contributed by atoms with Crippen LogP contribution >= 0.6 is 15.9 Å². The van der Waals surface area contributed by atoms with Gasteiger partial charge in [0.25, 0.3) is 5.91 Å². The third-order valence-corrected chi connectivity index (χ3v) is 4.93. The first-order valence-corrected chi connectivity index (χ1v) is 10.1. The van der Waals surface area contributed by atoms with Crippen LogP contribution in [0.15, 0.2) is 56.1 Å². The standard InChI is InChI=1S/C22H20BrNO7/c1-4-30-22(27)18(12-5-7-15(28-2)8-6-12)24-20(25)16-10-13-9-14(23)11-17(29-3)19(13)31-21(16)26/h5-11,18H,4H2,1-3H3,(H,24,25). The number of carbonyl (C=O) groups excluding carboxylic acids is 2. The molecule has 1 atom stereocenters. The van der Waals surface area contributed by atoms with E-state index in [9.17, 15) is 14.4 Å². The molecule has 162 valence electrons. The Morgan fingerprint density at radius 1 is 1.10 bits per heavy atom. The second kappa shape index (κ2) is 9.65. The topological polar surface area (TPSA) is 104 Å². The van der Waals surface area contributed by atoms with Gasteiger partial charge in [-0.05, 0) is 42.8 Å². The van der Waals surface area contributed by atoms with Gasteiger partial charge in [0.15, 0.2) is 17.4 Å². The van der Waals surface area contributed by atoms with E-state index in [0.29, 0.717) is 26.9 Å². The van der Waals surface area contributed by atoms with Crippen LogP contribution in [0, 0.1) is 0 Å². The number of hydrogen-bond acceptors (Lipinski definition) is 7. The van der Waals surface area contributed by atoms with Gasteiger partial charge in [-0.15, -0.1) is 0 Å². The normalized spacial score (nSPS) is 11.6. The van der Waals surface area contributed by atoms with E-state index in [1.54, 1.807) is 43.3 Å². The molecular weight excluding hydrogens is 470 g/mol. The van der Waals surface area contributed by atoms with Gasteiger partial charge in [-0.25, -0.2) is 9.59 Å². The van der Waals surface area contributed by atoms with Gasteiger partial charge in [0, 0.05) is 9.86 Å². The summed E-state index contributed by atoms with van der Waals surface area (Å²) in [5.74, 6) is -0.498. The lowest BCUT2D eigenvalue weighted by atomic mass is 10.1. The van der Waals surface area contributed by atoms with Crippen LogP contribution in [0.25, 0.3) is 11.0 Å². The van der Waals surface area contributed by atoms with E-state index in [1.807, 2.05) is 0 Å². The summed E-state index contributed by atoms with van der Waals surface area (Å²) >= 11 is 3.35. The van der Waals surface area contributed by atoms with E-state index in [4.69, 9.17) is 18.6 Å². The van der Waals surface area contributed by atoms with Crippen molar-refractivity contribution in [1.82, 2.24) is 5.32 Å². The molecule has 0 radical (unpaired) electrons. The maximum atomic E-state index is 12.9. The molecule has 1 unspecified atom stereocenters. The monoisotopic (exact) mass is 489 g/mol. The highest BCUT2D eigenvalue weighted by Crippen LogP contribution is 2.29. The van der Waals surface area contributed by atoms with Gasteiger partial charge < -0.3 is 23.9 Å². The fourth-order valence-electron chi connectivity index (χ4n) is 2.99. The number of rotatable bonds is 7. The maximum absolute atomic E-state index is 12.9. The first-order valence-electron chi connectivity index (χ1n) is 9.30. The minimum absolute atomic E-state index is 0.132. The molecule has 9 heteroatoms. The van der Waals surface area contributed by atoms with Crippen molar-refractivity contribution in [2.75, 3.05) is 20.8 Å². The lowest BCUT2D eigenvalue weighted by molar-refractivity contribution is -0.145. The number of benzene rings is 2. The molecule has 2 aromatic carbocycles. The van der Waals surface area contributed by atoms with E-state index in [-0.39, 0.29) is 17.8 Å². The van der Waals surface area contributed by atoms with Crippen molar-refractivity contribution in [3.05, 3.63) is 68.5 Å². The zero-order valence-corrected chi connectivity index (χ0v) is 18.6. The first-order chi connectivity index (χ1) is 14.9. The molecule has 1 aromatic heterocycles. The predicted molar refractivity (Wildman–Crippen MR) is 117 cm³/mol. The number of hydrogen-bond donors (Lipinski definition) is 1. The van der Waals surface area contributed by atoms with Crippen molar-refractivity contribution in [3.63, 3.8) is 0 Å². The van der Waals surface area contributed by atoms with Crippen LogP contribution in [0.3, 0.4) is 0 Å². The number of carbonyl (C=O) groups is 2. The molecule has 31 heavy (non-hydrogen) atoms. The SMILES string of the molecule is CCOC(=O)C(NC(=O)c1cc2cc(Br)cc(OC)c2oc1=O)c1ccc(OC)cc1. The fourth-order valence-corrected chi connectivity index (χ4v) is 3.44. The first kappa shape index (κ1) is 22.4. The molecule has 0 bridgehead atoms. The Hall–Kier alpha value is -3.33. The smallest absolute Gasteiger partial charge is 0.349 e. The molecule has 0 fully saturated rings. The highest BCUT2D eigenvalue weighted by Gasteiger charge is 2.26. The third kappa shape index (κ3) is 4.88. The minimum atomic E-state index is -1.12. The number of esters is 1. The van der Waals surface area contributed by atoms with Gasteiger partial charge >= 0.3 is 11.6 Å². The van der Waals surface area contributed by atoms with Crippen molar-refractivity contribution >= 4 is 38.8 Å². The number of ether oxygens (including phenoxy) is 3. The zero-order valence-electron chi connectivity index (χ0n) is 17.1. The lowest BCUT2D eigenvalue weighted by Crippen LogP contribution is -2.37. The summed E-state index contributed by atoms with van der Waals surface area (Å²) in [6.45, 7) is 1.79. The molecule has 1 amide bonds. The van der Waals surface area contributed by atoms with Crippen molar-refractivity contribution in [1.29, 1.82) is 0 Å². The van der Waals surface area contributed by atoms with Gasteiger partial charge in [-0.1, -0.05) is 28.1 Å². The Kier molecular flexibility index (Phi) is 6.96. The molecule has 0 spiro atoms. The molecular formula is C22H20BrNO7. The van der Waals surface area contributed by atoms with Crippen LogP contribution in [0.1, 0.15) is 28.9 Å². The van der Waals surface area contributed by atoms with Crippen LogP contribution in [-0.2, 0) is 9.53 Å². The molecule has 3 rings (SSSR count). The van der Waals surface area contributed by atoms with E-state index in [2.05, 4.69) is 21.2 Å². The summed E-state index contributed by atoms with van der Waals surface area (Å²) in [5, 5.41) is 3.04. The Bertz CT molecular complexity index is 1170. The predicted octanol–water partition coefficient (Wildman–Crippen LogP) is 3.61. The molecule has 0 aliphatic carbocycles. The van der Waals surface area contributed by atoms with Crippen LogP contribution < -0.4 is 20.4 Å². The van der Waals surface area contributed by atoms with Crippen LogP contribution in [-0.4, -0.2) is 32.7 Å². The van der Waals surface area contributed by atoms with Crippen molar-refractivity contribution in [2.45, 2.75) is 13.0 Å². The maximum Gasteiger partial charge on any atom is 0.349 e. The highest BCUT2D eigenvalue weighted by atomic mass is 79.9. The Morgan fingerprint density at radius 2 is 1.81 bits per heavy atom. The summed E-state index contributed by atoms with van der Waals surface area (Å²) in [6.07, 6.45) is 0. The van der Waals surface area contributed by atoms with Crippen molar-refractivity contribution in [3.8, 4) is 11.5 Å². The highest BCUT2D eigenvalue weighted by molar-refractivity contribution is 9.10. The zero-order chi connectivity index (χ0) is 22.5. The number of methoxy groups -OCH3 is 2. The van der Waals surface area contributed by atoms with E-state index in [0.717, 1.165) is 0 Å². The van der Waals surface area contributed by atoms with Gasteiger partial charge in [0.1, 0.15) is 11.3 Å². The Morgan fingerprint density at radius 3 is 2.42 bits per heavy atom. The van der Waals surface area contributed by atoms with E-state index >= 15 is 0 Å². The average molecular weight is 490 g/mol. The van der Waals surface area contributed by atoms with Crippen LogP contribution in [0.2, 0.25) is 0 Å². The minimum Gasteiger partial charge on any atom is -0.497 e. The average Bonchev–Trinajstić information content (AvgIpc) is 2.76. The summed E-state index contributed by atoms with van der Waals surface area (Å²) in [4.78, 5) is 37.9. The fraction of sp³-hybridized carbons (Fsp3) is 0.227. The van der Waals surface area contributed by atoms with Crippen molar-refractivity contribution in [2.24, 2.45) is 0 Å². The summed E-state index contributed by atoms with van der Waals surface area (Å²) in [6, 6.07) is 10.2. The van der Waals surface area contributed by atoms with Crippen molar-refractivity contribution < 1.29 is 28.2 Å². The lowest BCUT2D eigenvalue weighted by Gasteiger charge is -2.18. The third-order valence-electron chi connectivity index (χ3n) is 4.47. The second-order valence-electron chi connectivity index (χ2n) is 6.41. The number of halogens is 1. The van der Waals surface area contributed by atoms with Gasteiger partial charge in [0.2, 0.25) is 0 Å². The molecule has 0 aliphatic rings. The molecule has 1 N–H and O–H groups in total. The number of nitrogens with one attached hydrogen (secondary N) is 1. The summed E-state index contributed by atoms with van der Waals surface area (Å²) in [5.41, 5.74) is -0.426. The Balaban J connectivity index is 1.99. The molecule has 0 saturated carbocycles. The Labute approximate surface area is 186 Å². The van der Waals surface area contributed by atoms with Gasteiger partial charge in [-0.3, -0.25) is 4.79 Å².